The zero-order valence-corrected chi connectivity index (χ0v) is 9.82. The summed E-state index contributed by atoms with van der Waals surface area (Å²) in [5.41, 5.74) is 0.230. The summed E-state index contributed by atoms with van der Waals surface area (Å²) in [6, 6.07) is 5.90. The van der Waals surface area contributed by atoms with E-state index in [-0.39, 0.29) is 36.4 Å². The van der Waals surface area contributed by atoms with Crippen molar-refractivity contribution in [1.29, 1.82) is 0 Å². The number of ketones is 3. The SMILES string of the molecule is O=C1CCCC(=O)C1C(=O)Cc1ccccc1F. The van der Waals surface area contributed by atoms with E-state index in [0.29, 0.717) is 6.42 Å². The maximum Gasteiger partial charge on any atom is 0.155 e. The summed E-state index contributed by atoms with van der Waals surface area (Å²) in [6.07, 6.45) is 0.842. The van der Waals surface area contributed by atoms with Crippen molar-refractivity contribution in [3.63, 3.8) is 0 Å². The molecule has 2 rings (SSSR count). The Morgan fingerprint density at radius 1 is 1.17 bits per heavy atom. The molecule has 0 aromatic heterocycles. The molecule has 0 amide bonds. The van der Waals surface area contributed by atoms with Crippen LogP contribution in [0.2, 0.25) is 0 Å². The molecule has 0 atom stereocenters. The predicted molar refractivity (Wildman–Crippen MR) is 62.5 cm³/mol. The highest BCUT2D eigenvalue weighted by Crippen LogP contribution is 2.20. The van der Waals surface area contributed by atoms with Gasteiger partial charge in [-0.3, -0.25) is 14.4 Å². The molecule has 0 spiro atoms. The fraction of sp³-hybridized carbons (Fsp3) is 0.357. The van der Waals surface area contributed by atoms with Crippen molar-refractivity contribution in [3.05, 3.63) is 35.6 Å². The first-order valence-electron chi connectivity index (χ1n) is 5.91. The Labute approximate surface area is 104 Å². The number of carbonyl (C=O) groups excluding carboxylic acids is 3. The smallest absolute Gasteiger partial charge is 0.155 e. The van der Waals surface area contributed by atoms with Gasteiger partial charge in [0.05, 0.1) is 0 Å². The van der Waals surface area contributed by atoms with Crippen molar-refractivity contribution in [2.75, 3.05) is 0 Å². The molecule has 1 aliphatic rings. The van der Waals surface area contributed by atoms with Crippen molar-refractivity contribution in [3.8, 4) is 0 Å². The molecule has 0 radical (unpaired) electrons. The molecular weight excluding hydrogens is 235 g/mol. The molecule has 0 unspecified atom stereocenters. The second-order valence-corrected chi connectivity index (χ2v) is 4.45. The van der Waals surface area contributed by atoms with Crippen LogP contribution in [0.3, 0.4) is 0 Å². The fourth-order valence-electron chi connectivity index (χ4n) is 2.20. The van der Waals surface area contributed by atoms with Crippen molar-refractivity contribution in [2.45, 2.75) is 25.7 Å². The van der Waals surface area contributed by atoms with E-state index in [0.717, 1.165) is 0 Å². The van der Waals surface area contributed by atoms with Crippen molar-refractivity contribution in [2.24, 2.45) is 5.92 Å². The lowest BCUT2D eigenvalue weighted by atomic mass is 9.82. The van der Waals surface area contributed by atoms with Gasteiger partial charge in [0.15, 0.2) is 17.3 Å². The van der Waals surface area contributed by atoms with Gasteiger partial charge < -0.3 is 0 Å². The Balaban J connectivity index is 2.14. The molecule has 0 aliphatic heterocycles. The molecule has 1 aliphatic carbocycles. The van der Waals surface area contributed by atoms with Gasteiger partial charge in [0.2, 0.25) is 0 Å². The van der Waals surface area contributed by atoms with Crippen molar-refractivity contribution >= 4 is 17.3 Å². The van der Waals surface area contributed by atoms with E-state index in [4.69, 9.17) is 0 Å². The van der Waals surface area contributed by atoms with Gasteiger partial charge >= 0.3 is 0 Å². The third-order valence-electron chi connectivity index (χ3n) is 3.13. The van der Waals surface area contributed by atoms with Gasteiger partial charge in [-0.05, 0) is 18.1 Å². The quantitative estimate of drug-likeness (QED) is 0.767. The molecule has 94 valence electrons. The lowest BCUT2D eigenvalue weighted by Crippen LogP contribution is -2.36. The van der Waals surface area contributed by atoms with Crippen LogP contribution >= 0.6 is 0 Å². The van der Waals surface area contributed by atoms with Crippen LogP contribution in [0.4, 0.5) is 4.39 Å². The molecule has 0 bridgehead atoms. The topological polar surface area (TPSA) is 51.2 Å². The normalized spacial score (nSPS) is 16.9. The van der Waals surface area contributed by atoms with Gasteiger partial charge in [-0.1, -0.05) is 18.2 Å². The van der Waals surface area contributed by atoms with E-state index < -0.39 is 17.5 Å². The number of hydrogen-bond acceptors (Lipinski definition) is 3. The number of benzene rings is 1. The maximum atomic E-state index is 13.4. The Hall–Kier alpha value is -1.84. The van der Waals surface area contributed by atoms with Crippen LogP contribution in [0, 0.1) is 11.7 Å². The van der Waals surface area contributed by atoms with Gasteiger partial charge in [0, 0.05) is 19.3 Å². The van der Waals surface area contributed by atoms with Gasteiger partial charge in [-0.25, -0.2) is 4.39 Å². The van der Waals surface area contributed by atoms with E-state index in [1.807, 2.05) is 0 Å². The van der Waals surface area contributed by atoms with Crippen LogP contribution in [-0.2, 0) is 20.8 Å². The van der Waals surface area contributed by atoms with Gasteiger partial charge in [-0.15, -0.1) is 0 Å². The summed E-state index contributed by atoms with van der Waals surface area (Å²) in [6.45, 7) is 0. The number of carbonyl (C=O) groups is 3. The molecule has 1 fully saturated rings. The van der Waals surface area contributed by atoms with E-state index in [9.17, 15) is 18.8 Å². The number of halogens is 1. The summed E-state index contributed by atoms with van der Waals surface area (Å²) in [5.74, 6) is -2.80. The Bertz CT molecular complexity index is 492. The van der Waals surface area contributed by atoms with E-state index >= 15 is 0 Å². The minimum Gasteiger partial charge on any atom is -0.298 e. The highest BCUT2D eigenvalue weighted by Gasteiger charge is 2.35. The lowest BCUT2D eigenvalue weighted by Gasteiger charge is -2.18. The minimum absolute atomic E-state index is 0.200. The number of rotatable bonds is 3. The largest absolute Gasteiger partial charge is 0.298 e. The monoisotopic (exact) mass is 248 g/mol. The molecule has 4 heteroatoms. The summed E-state index contributed by atoms with van der Waals surface area (Å²) < 4.78 is 13.4. The molecule has 0 saturated heterocycles. The van der Waals surface area contributed by atoms with E-state index in [2.05, 4.69) is 0 Å². The third kappa shape index (κ3) is 2.53. The second kappa shape index (κ2) is 5.21. The summed E-state index contributed by atoms with van der Waals surface area (Å²) in [5, 5.41) is 0. The van der Waals surface area contributed by atoms with Crippen LogP contribution in [0.5, 0.6) is 0 Å². The highest BCUT2D eigenvalue weighted by atomic mass is 19.1. The lowest BCUT2D eigenvalue weighted by molar-refractivity contribution is -0.141. The van der Waals surface area contributed by atoms with Crippen LogP contribution in [0.15, 0.2) is 24.3 Å². The summed E-state index contributed by atoms with van der Waals surface area (Å²) in [4.78, 5) is 35.1. The van der Waals surface area contributed by atoms with Gasteiger partial charge in [-0.2, -0.15) is 0 Å². The predicted octanol–water partition coefficient (Wildman–Crippen LogP) is 1.88. The van der Waals surface area contributed by atoms with Crippen LogP contribution in [0.1, 0.15) is 24.8 Å². The maximum absolute atomic E-state index is 13.4. The average molecular weight is 248 g/mol. The summed E-state index contributed by atoms with van der Waals surface area (Å²) in [7, 11) is 0. The highest BCUT2D eigenvalue weighted by molar-refractivity contribution is 6.20. The van der Waals surface area contributed by atoms with Gasteiger partial charge in [0.1, 0.15) is 11.7 Å². The van der Waals surface area contributed by atoms with E-state index in [1.54, 1.807) is 6.07 Å². The number of hydrogen-bond donors (Lipinski definition) is 0. The van der Waals surface area contributed by atoms with Crippen LogP contribution < -0.4 is 0 Å². The molecule has 1 aromatic carbocycles. The van der Waals surface area contributed by atoms with Crippen LogP contribution in [0.25, 0.3) is 0 Å². The third-order valence-corrected chi connectivity index (χ3v) is 3.13. The molecule has 0 N–H and O–H groups in total. The number of Topliss-reactive ketones (excluding diaryl/α,β-unsaturated/α-hetero) is 3. The molecule has 18 heavy (non-hydrogen) atoms. The standard InChI is InChI=1S/C14H13FO3/c15-10-5-2-1-4-9(10)8-13(18)14-11(16)6-3-7-12(14)17/h1-2,4-5,14H,3,6-8H2. The molecule has 1 saturated carbocycles. The fourth-order valence-corrected chi connectivity index (χ4v) is 2.20. The average Bonchev–Trinajstić information content (AvgIpc) is 2.32. The molecule has 0 heterocycles. The van der Waals surface area contributed by atoms with Crippen molar-refractivity contribution in [1.82, 2.24) is 0 Å². The molecule has 3 nitrogen and oxygen atoms in total. The Morgan fingerprint density at radius 2 is 1.78 bits per heavy atom. The van der Waals surface area contributed by atoms with Gasteiger partial charge in [0.25, 0.3) is 0 Å². The second-order valence-electron chi connectivity index (χ2n) is 4.45. The summed E-state index contributed by atoms with van der Waals surface area (Å²) >= 11 is 0. The first-order chi connectivity index (χ1) is 8.59. The van der Waals surface area contributed by atoms with Crippen LogP contribution in [-0.4, -0.2) is 17.3 Å². The zero-order chi connectivity index (χ0) is 13.1. The minimum atomic E-state index is -1.17. The Morgan fingerprint density at radius 3 is 2.39 bits per heavy atom. The molecule has 1 aromatic rings. The van der Waals surface area contributed by atoms with E-state index in [1.165, 1.54) is 18.2 Å². The van der Waals surface area contributed by atoms with Crippen molar-refractivity contribution < 1.29 is 18.8 Å². The zero-order valence-electron chi connectivity index (χ0n) is 9.82. The molecular formula is C14H13FO3. The first kappa shape index (κ1) is 12.6. The Kier molecular flexibility index (Phi) is 3.65. The first-order valence-corrected chi connectivity index (χ1v) is 5.91.